The van der Waals surface area contributed by atoms with Gasteiger partial charge in [0.1, 0.15) is 0 Å². The van der Waals surface area contributed by atoms with E-state index in [0.29, 0.717) is 5.75 Å². The van der Waals surface area contributed by atoms with Crippen LogP contribution in [0.4, 0.5) is 5.13 Å². The molecule has 0 spiro atoms. The van der Waals surface area contributed by atoms with Crippen LogP contribution in [0.15, 0.2) is 34.7 Å². The molecule has 4 nitrogen and oxygen atoms in total. The summed E-state index contributed by atoms with van der Waals surface area (Å²) in [4.78, 5) is 1.93. The minimum absolute atomic E-state index is 0.555. The van der Waals surface area contributed by atoms with Gasteiger partial charge in [0.25, 0.3) is 0 Å². The molecule has 102 valence electrons. The second-order valence-corrected chi connectivity index (χ2v) is 6.85. The Hall–Kier alpha value is -1.11. The van der Waals surface area contributed by atoms with Gasteiger partial charge in [0.05, 0.1) is 5.60 Å². The van der Waals surface area contributed by atoms with Gasteiger partial charge < -0.3 is 10.0 Å². The Labute approximate surface area is 121 Å². The van der Waals surface area contributed by atoms with Gasteiger partial charge in [-0.3, -0.25) is 0 Å². The standard InChI is InChI=1S/C13H17N3OS2/c1-13(17,10-7-5-4-6-8-10)9-18-12-15-14-11(19-12)16(2)3/h4-8,17H,9H2,1-3H3. The van der Waals surface area contributed by atoms with Crippen LogP contribution in [0.2, 0.25) is 0 Å². The first-order valence-electron chi connectivity index (χ1n) is 5.90. The fourth-order valence-electron chi connectivity index (χ4n) is 1.52. The van der Waals surface area contributed by atoms with E-state index in [-0.39, 0.29) is 0 Å². The number of rotatable bonds is 5. The van der Waals surface area contributed by atoms with Gasteiger partial charge in [0.2, 0.25) is 5.13 Å². The molecule has 0 saturated heterocycles. The Kier molecular flexibility index (Phi) is 4.44. The third-order valence-electron chi connectivity index (χ3n) is 2.65. The minimum atomic E-state index is -0.865. The molecule has 2 rings (SSSR count). The van der Waals surface area contributed by atoms with Crippen LogP contribution in [0.3, 0.4) is 0 Å². The van der Waals surface area contributed by atoms with Crippen LogP contribution in [0.25, 0.3) is 0 Å². The number of aliphatic hydroxyl groups is 1. The summed E-state index contributed by atoms with van der Waals surface area (Å²) in [6, 6.07) is 9.69. The average Bonchev–Trinajstić information content (AvgIpc) is 2.87. The normalized spacial score (nSPS) is 14.1. The summed E-state index contributed by atoms with van der Waals surface area (Å²) >= 11 is 3.06. The van der Waals surface area contributed by atoms with Crippen molar-refractivity contribution in [2.75, 3.05) is 24.7 Å². The summed E-state index contributed by atoms with van der Waals surface area (Å²) in [6.07, 6.45) is 0. The van der Waals surface area contributed by atoms with Gasteiger partial charge in [-0.2, -0.15) is 0 Å². The third-order valence-corrected chi connectivity index (χ3v) is 5.18. The van der Waals surface area contributed by atoms with Crippen LogP contribution in [-0.4, -0.2) is 35.2 Å². The molecule has 1 aromatic carbocycles. The molecule has 19 heavy (non-hydrogen) atoms. The lowest BCUT2D eigenvalue weighted by molar-refractivity contribution is 0.0839. The van der Waals surface area contributed by atoms with E-state index in [4.69, 9.17) is 0 Å². The third kappa shape index (κ3) is 3.68. The molecule has 6 heteroatoms. The predicted molar refractivity (Wildman–Crippen MR) is 81.0 cm³/mol. The van der Waals surface area contributed by atoms with E-state index in [1.54, 1.807) is 0 Å². The highest BCUT2D eigenvalue weighted by Gasteiger charge is 2.23. The van der Waals surface area contributed by atoms with Gasteiger partial charge in [-0.25, -0.2) is 0 Å². The lowest BCUT2D eigenvalue weighted by Crippen LogP contribution is -2.24. The van der Waals surface area contributed by atoms with Crippen LogP contribution in [0, 0.1) is 0 Å². The van der Waals surface area contributed by atoms with Crippen molar-refractivity contribution in [1.82, 2.24) is 10.2 Å². The summed E-state index contributed by atoms with van der Waals surface area (Å²) in [5.41, 5.74) is 0.0513. The van der Waals surface area contributed by atoms with E-state index < -0.39 is 5.60 Å². The van der Waals surface area contributed by atoms with Gasteiger partial charge in [-0.05, 0) is 12.5 Å². The number of hydrogen-bond acceptors (Lipinski definition) is 6. The molecular formula is C13H17N3OS2. The number of nitrogens with zero attached hydrogens (tertiary/aromatic N) is 3. The molecule has 0 radical (unpaired) electrons. The SMILES string of the molecule is CN(C)c1nnc(SCC(C)(O)c2ccccc2)s1. The first-order chi connectivity index (χ1) is 8.99. The molecule has 2 aromatic rings. The predicted octanol–water partition coefficient (Wildman–Crippen LogP) is 2.60. The summed E-state index contributed by atoms with van der Waals surface area (Å²) in [7, 11) is 3.88. The van der Waals surface area contributed by atoms with E-state index in [1.807, 2.05) is 56.3 Å². The summed E-state index contributed by atoms with van der Waals surface area (Å²) in [5.74, 6) is 0.555. The number of benzene rings is 1. The van der Waals surface area contributed by atoms with Gasteiger partial charge in [0.15, 0.2) is 4.34 Å². The van der Waals surface area contributed by atoms with Crippen LogP contribution >= 0.6 is 23.1 Å². The van der Waals surface area contributed by atoms with Crippen LogP contribution in [0.5, 0.6) is 0 Å². The molecule has 1 unspecified atom stereocenters. The Morgan fingerprint density at radius 1 is 1.26 bits per heavy atom. The second kappa shape index (κ2) is 5.90. The van der Waals surface area contributed by atoms with Crippen molar-refractivity contribution in [3.05, 3.63) is 35.9 Å². The van der Waals surface area contributed by atoms with Crippen molar-refractivity contribution >= 4 is 28.2 Å². The highest BCUT2D eigenvalue weighted by Crippen LogP contribution is 2.32. The molecule has 0 aliphatic rings. The maximum atomic E-state index is 10.5. The van der Waals surface area contributed by atoms with Crippen LogP contribution < -0.4 is 4.90 Å². The Bertz CT molecular complexity index is 526. The van der Waals surface area contributed by atoms with E-state index >= 15 is 0 Å². The zero-order valence-electron chi connectivity index (χ0n) is 11.2. The average molecular weight is 295 g/mol. The Morgan fingerprint density at radius 2 is 1.95 bits per heavy atom. The summed E-state index contributed by atoms with van der Waals surface area (Å²) < 4.78 is 0.875. The van der Waals surface area contributed by atoms with Crippen molar-refractivity contribution in [1.29, 1.82) is 0 Å². The lowest BCUT2D eigenvalue weighted by Gasteiger charge is -2.22. The van der Waals surface area contributed by atoms with E-state index in [9.17, 15) is 5.11 Å². The molecule has 1 heterocycles. The van der Waals surface area contributed by atoms with Crippen LogP contribution in [-0.2, 0) is 5.60 Å². The molecule has 0 amide bonds. The van der Waals surface area contributed by atoms with Gasteiger partial charge in [-0.1, -0.05) is 53.4 Å². The van der Waals surface area contributed by atoms with Gasteiger partial charge in [-0.15, -0.1) is 10.2 Å². The van der Waals surface area contributed by atoms with Crippen molar-refractivity contribution in [2.45, 2.75) is 16.9 Å². The Balaban J connectivity index is 2.01. The van der Waals surface area contributed by atoms with E-state index in [2.05, 4.69) is 10.2 Å². The van der Waals surface area contributed by atoms with E-state index in [0.717, 1.165) is 15.0 Å². The summed E-state index contributed by atoms with van der Waals surface area (Å²) in [6.45, 7) is 1.82. The number of anilines is 1. The van der Waals surface area contributed by atoms with Crippen molar-refractivity contribution < 1.29 is 5.11 Å². The maximum absolute atomic E-state index is 10.5. The molecule has 0 bridgehead atoms. The van der Waals surface area contributed by atoms with Crippen LogP contribution in [0.1, 0.15) is 12.5 Å². The molecule has 1 aromatic heterocycles. The van der Waals surface area contributed by atoms with Gasteiger partial charge in [0, 0.05) is 19.8 Å². The first kappa shape index (κ1) is 14.3. The smallest absolute Gasteiger partial charge is 0.208 e. The second-order valence-electron chi connectivity index (χ2n) is 4.67. The van der Waals surface area contributed by atoms with Crippen molar-refractivity contribution in [3.63, 3.8) is 0 Å². The zero-order chi connectivity index (χ0) is 13.9. The number of hydrogen-bond donors (Lipinski definition) is 1. The molecule has 0 aliphatic carbocycles. The fourth-order valence-corrected chi connectivity index (χ4v) is 3.33. The Morgan fingerprint density at radius 3 is 2.53 bits per heavy atom. The molecular weight excluding hydrogens is 278 g/mol. The molecule has 1 N–H and O–H groups in total. The van der Waals surface area contributed by atoms with E-state index in [1.165, 1.54) is 23.1 Å². The minimum Gasteiger partial charge on any atom is -0.385 e. The quantitative estimate of drug-likeness (QED) is 0.859. The summed E-state index contributed by atoms with van der Waals surface area (Å²) in [5, 5.41) is 19.6. The largest absolute Gasteiger partial charge is 0.385 e. The molecule has 1 atom stereocenters. The maximum Gasteiger partial charge on any atom is 0.208 e. The number of thioether (sulfide) groups is 1. The van der Waals surface area contributed by atoms with Gasteiger partial charge >= 0.3 is 0 Å². The molecule has 0 aliphatic heterocycles. The topological polar surface area (TPSA) is 49.2 Å². The monoisotopic (exact) mass is 295 g/mol. The molecule has 0 fully saturated rings. The number of aromatic nitrogens is 2. The molecule has 0 saturated carbocycles. The van der Waals surface area contributed by atoms with Crippen molar-refractivity contribution in [2.24, 2.45) is 0 Å². The fraction of sp³-hybridized carbons (Fsp3) is 0.385. The zero-order valence-corrected chi connectivity index (χ0v) is 12.8. The first-order valence-corrected chi connectivity index (χ1v) is 7.71. The highest BCUT2D eigenvalue weighted by atomic mass is 32.2. The van der Waals surface area contributed by atoms with Crippen molar-refractivity contribution in [3.8, 4) is 0 Å². The lowest BCUT2D eigenvalue weighted by atomic mass is 9.99. The highest BCUT2D eigenvalue weighted by molar-refractivity contribution is 8.01.